The van der Waals surface area contributed by atoms with Gasteiger partial charge in [0.15, 0.2) is 0 Å². The second-order valence-electron chi connectivity index (χ2n) is 3.92. The van der Waals surface area contributed by atoms with Gasteiger partial charge in [-0.05, 0) is 51.7 Å². The van der Waals surface area contributed by atoms with E-state index >= 15 is 0 Å². The highest BCUT2D eigenvalue weighted by Gasteiger charge is 2.16. The van der Waals surface area contributed by atoms with Crippen LogP contribution in [0.2, 0.25) is 0 Å². The number of rotatable bonds is 4. The number of hydrogen-bond acceptors (Lipinski definition) is 4. The van der Waals surface area contributed by atoms with E-state index in [0.29, 0.717) is 0 Å². The first-order chi connectivity index (χ1) is 9.87. The van der Waals surface area contributed by atoms with Crippen molar-refractivity contribution in [2.24, 2.45) is 0 Å². The van der Waals surface area contributed by atoms with Gasteiger partial charge in [-0.2, -0.15) is 0 Å². The number of benzene rings is 1. The number of carbonyl (C=O) groups excluding carboxylic acids is 1. The first-order valence-electron chi connectivity index (χ1n) is 5.61. The summed E-state index contributed by atoms with van der Waals surface area (Å²) in [5, 5.41) is 2.72. The van der Waals surface area contributed by atoms with E-state index in [9.17, 15) is 17.6 Å². The van der Waals surface area contributed by atoms with E-state index in [1.807, 2.05) is 4.72 Å². The van der Waals surface area contributed by atoms with Gasteiger partial charge in [0.2, 0.25) is 0 Å². The number of halogens is 2. The van der Waals surface area contributed by atoms with Crippen LogP contribution in [0.25, 0.3) is 6.08 Å². The Labute approximate surface area is 133 Å². The molecule has 4 nitrogen and oxygen atoms in total. The third kappa shape index (κ3) is 4.48. The van der Waals surface area contributed by atoms with Crippen molar-refractivity contribution in [3.63, 3.8) is 0 Å². The fourth-order valence-electron chi connectivity index (χ4n) is 1.43. The fraction of sp³-hybridized carbons (Fsp3) is 0. The molecule has 0 saturated heterocycles. The summed E-state index contributed by atoms with van der Waals surface area (Å²) in [6.07, 6.45) is 1.39. The fourth-order valence-corrected chi connectivity index (χ4v) is 3.43. The third-order valence-corrected chi connectivity index (χ3v) is 4.82. The Morgan fingerprint density at radius 1 is 1.33 bits per heavy atom. The van der Waals surface area contributed by atoms with Crippen molar-refractivity contribution in [3.05, 3.63) is 61.9 Å². The molecule has 0 fully saturated rings. The number of nitrogens with one attached hydrogen (secondary N) is 1. The molecule has 0 aliphatic carbocycles. The predicted octanol–water partition coefficient (Wildman–Crippen LogP) is 3.38. The van der Waals surface area contributed by atoms with E-state index in [0.717, 1.165) is 22.4 Å². The molecule has 0 spiro atoms. The van der Waals surface area contributed by atoms with E-state index in [-0.39, 0.29) is 10.0 Å². The van der Waals surface area contributed by atoms with Crippen molar-refractivity contribution >= 4 is 49.3 Å². The van der Waals surface area contributed by atoms with Crippen molar-refractivity contribution in [3.8, 4) is 0 Å². The topological polar surface area (TPSA) is 63.2 Å². The van der Waals surface area contributed by atoms with Crippen molar-refractivity contribution < 1.29 is 17.6 Å². The molecule has 0 atom stereocenters. The Balaban J connectivity index is 2.14. The number of sulfonamides is 1. The van der Waals surface area contributed by atoms with Crippen molar-refractivity contribution in [2.45, 2.75) is 0 Å². The molecule has 1 amide bonds. The lowest BCUT2D eigenvalue weighted by atomic mass is 10.2. The molecule has 0 aliphatic heterocycles. The molecule has 0 bridgehead atoms. The quantitative estimate of drug-likeness (QED) is 0.871. The molecule has 8 heteroatoms. The molecular weight excluding hydrogens is 381 g/mol. The average Bonchev–Trinajstić information content (AvgIpc) is 2.88. The maximum atomic E-state index is 12.9. The van der Waals surface area contributed by atoms with Crippen LogP contribution >= 0.6 is 27.3 Å². The summed E-state index contributed by atoms with van der Waals surface area (Å²) in [5.41, 5.74) is 0.0319. The van der Waals surface area contributed by atoms with E-state index in [1.54, 1.807) is 17.5 Å². The summed E-state index contributed by atoms with van der Waals surface area (Å²) in [5.74, 6) is -1.36. The molecule has 2 aromatic rings. The lowest BCUT2D eigenvalue weighted by Gasteiger charge is -2.05. The number of carbonyl (C=O) groups is 1. The van der Waals surface area contributed by atoms with Gasteiger partial charge in [0.1, 0.15) is 5.82 Å². The molecule has 1 aromatic heterocycles. The number of thiophene rings is 1. The van der Waals surface area contributed by atoms with Gasteiger partial charge in [0, 0.05) is 9.35 Å². The van der Waals surface area contributed by atoms with Crippen LogP contribution in [0.1, 0.15) is 15.2 Å². The van der Waals surface area contributed by atoms with Crippen LogP contribution in [0.3, 0.4) is 0 Å². The maximum absolute atomic E-state index is 12.9. The minimum atomic E-state index is -3.92. The SMILES string of the molecule is O=C(NS(=O)(=O)C=Cc1cccs1)c1ccc(F)cc1Br. The lowest BCUT2D eigenvalue weighted by molar-refractivity contribution is 0.0981. The second kappa shape index (κ2) is 6.50. The molecule has 2 rings (SSSR count). The van der Waals surface area contributed by atoms with Gasteiger partial charge in [-0.3, -0.25) is 4.79 Å². The van der Waals surface area contributed by atoms with E-state index in [1.165, 1.54) is 23.5 Å². The monoisotopic (exact) mass is 389 g/mol. The van der Waals surface area contributed by atoms with Crippen LogP contribution in [0.5, 0.6) is 0 Å². The number of hydrogen-bond donors (Lipinski definition) is 1. The van der Waals surface area contributed by atoms with Gasteiger partial charge in [0.05, 0.1) is 11.0 Å². The van der Waals surface area contributed by atoms with Crippen LogP contribution < -0.4 is 4.72 Å². The summed E-state index contributed by atoms with van der Waals surface area (Å²) in [4.78, 5) is 12.6. The summed E-state index contributed by atoms with van der Waals surface area (Å²) in [7, 11) is -3.92. The highest BCUT2D eigenvalue weighted by molar-refractivity contribution is 9.10. The molecule has 0 radical (unpaired) electrons. The van der Waals surface area contributed by atoms with E-state index in [2.05, 4.69) is 15.9 Å². The van der Waals surface area contributed by atoms with Gasteiger partial charge in [-0.25, -0.2) is 17.5 Å². The van der Waals surface area contributed by atoms with Gasteiger partial charge in [0.25, 0.3) is 15.9 Å². The minimum Gasteiger partial charge on any atom is -0.268 e. The second-order valence-corrected chi connectivity index (χ2v) is 7.32. The zero-order valence-electron chi connectivity index (χ0n) is 10.4. The highest BCUT2D eigenvalue weighted by atomic mass is 79.9. The van der Waals surface area contributed by atoms with Crippen molar-refractivity contribution in [2.75, 3.05) is 0 Å². The molecule has 1 N–H and O–H groups in total. The smallest absolute Gasteiger partial charge is 0.266 e. The van der Waals surface area contributed by atoms with Crippen LogP contribution in [0.4, 0.5) is 4.39 Å². The summed E-state index contributed by atoms with van der Waals surface area (Å²) in [6.45, 7) is 0. The first kappa shape index (κ1) is 15.9. The number of amides is 1. The minimum absolute atomic E-state index is 0.0319. The summed E-state index contributed by atoms with van der Waals surface area (Å²) >= 11 is 4.38. The molecule has 0 unspecified atom stereocenters. The van der Waals surface area contributed by atoms with Crippen LogP contribution in [-0.4, -0.2) is 14.3 Å². The zero-order valence-corrected chi connectivity index (χ0v) is 13.6. The molecule has 1 heterocycles. The average molecular weight is 390 g/mol. The van der Waals surface area contributed by atoms with Crippen molar-refractivity contribution in [1.82, 2.24) is 4.72 Å². The lowest BCUT2D eigenvalue weighted by Crippen LogP contribution is -2.29. The normalized spacial score (nSPS) is 11.7. The molecule has 1 aromatic carbocycles. The predicted molar refractivity (Wildman–Crippen MR) is 83.8 cm³/mol. The largest absolute Gasteiger partial charge is 0.268 e. The summed E-state index contributed by atoms with van der Waals surface area (Å²) < 4.78 is 38.6. The molecular formula is C13H9BrFNO3S2. The Morgan fingerprint density at radius 2 is 2.10 bits per heavy atom. The van der Waals surface area contributed by atoms with Crippen LogP contribution in [0, 0.1) is 5.82 Å². The van der Waals surface area contributed by atoms with Crippen LogP contribution in [0.15, 0.2) is 45.6 Å². The maximum Gasteiger partial charge on any atom is 0.266 e. The first-order valence-corrected chi connectivity index (χ1v) is 8.83. The van der Waals surface area contributed by atoms with E-state index in [4.69, 9.17) is 0 Å². The van der Waals surface area contributed by atoms with Gasteiger partial charge < -0.3 is 0 Å². The van der Waals surface area contributed by atoms with Gasteiger partial charge in [-0.15, -0.1) is 11.3 Å². The standard InChI is InChI=1S/C13H9BrFNO3S2/c14-12-8-9(15)3-4-11(12)13(17)16-21(18,19)7-5-10-2-1-6-20-10/h1-8H,(H,16,17). The molecule has 21 heavy (non-hydrogen) atoms. The Bertz CT molecular complexity index is 786. The Morgan fingerprint density at radius 3 is 2.71 bits per heavy atom. The Kier molecular flexibility index (Phi) is 4.92. The molecule has 110 valence electrons. The van der Waals surface area contributed by atoms with Gasteiger partial charge in [-0.1, -0.05) is 6.07 Å². The van der Waals surface area contributed by atoms with Crippen LogP contribution in [-0.2, 0) is 10.0 Å². The highest BCUT2D eigenvalue weighted by Crippen LogP contribution is 2.18. The third-order valence-electron chi connectivity index (χ3n) is 2.37. The van der Waals surface area contributed by atoms with Gasteiger partial charge >= 0.3 is 0 Å². The zero-order chi connectivity index (χ0) is 15.5. The molecule has 0 aliphatic rings. The van der Waals surface area contributed by atoms with Crippen molar-refractivity contribution in [1.29, 1.82) is 0 Å². The summed E-state index contributed by atoms with van der Waals surface area (Å²) in [6, 6.07) is 6.89. The van der Waals surface area contributed by atoms with E-state index < -0.39 is 21.7 Å². The molecule has 0 saturated carbocycles. The Hall–Kier alpha value is -1.51.